The van der Waals surface area contributed by atoms with Crippen LogP contribution in [0, 0.1) is 18.7 Å². The zero-order valence-electron chi connectivity index (χ0n) is 15.4. The van der Waals surface area contributed by atoms with Crippen molar-refractivity contribution in [2.24, 2.45) is 13.0 Å². The van der Waals surface area contributed by atoms with Crippen LogP contribution in [-0.4, -0.2) is 31.6 Å². The molecule has 0 aliphatic heterocycles. The van der Waals surface area contributed by atoms with Crippen LogP contribution in [0.5, 0.6) is 5.88 Å². The van der Waals surface area contributed by atoms with Crippen molar-refractivity contribution in [2.45, 2.75) is 25.8 Å². The summed E-state index contributed by atoms with van der Waals surface area (Å²) in [6.45, 7) is 2.75. The lowest BCUT2D eigenvalue weighted by Gasteiger charge is -2.10. The van der Waals surface area contributed by atoms with E-state index in [1.165, 1.54) is 28.3 Å². The summed E-state index contributed by atoms with van der Waals surface area (Å²) in [4.78, 5) is 16.4. The first kappa shape index (κ1) is 18.5. The van der Waals surface area contributed by atoms with E-state index >= 15 is 0 Å². The van der Waals surface area contributed by atoms with Gasteiger partial charge in [0.2, 0.25) is 5.88 Å². The molecule has 0 bridgehead atoms. The number of ether oxygens (including phenoxy) is 1. The third-order valence-electron chi connectivity index (χ3n) is 4.54. The molecule has 0 amide bonds. The topological polar surface area (TPSA) is 94.8 Å². The number of nitrogens with zero attached hydrogens (tertiary/aromatic N) is 5. The summed E-state index contributed by atoms with van der Waals surface area (Å²) >= 11 is 1.47. The van der Waals surface area contributed by atoms with E-state index in [0.29, 0.717) is 30.6 Å². The number of aromatic nitrogens is 5. The van der Waals surface area contributed by atoms with Crippen molar-refractivity contribution >= 4 is 17.0 Å². The SMILES string of the molecule is Cc1nnc(CNc2cc(OCC3CC3c3ccc(F)cn3)nn(C)c2=O)s1. The molecule has 1 aliphatic carbocycles. The Hall–Kier alpha value is -2.88. The fourth-order valence-corrected chi connectivity index (χ4v) is 3.60. The molecule has 8 nitrogen and oxygen atoms in total. The number of rotatable bonds is 7. The van der Waals surface area contributed by atoms with Gasteiger partial charge in [-0.2, -0.15) is 0 Å². The predicted octanol–water partition coefficient (Wildman–Crippen LogP) is 2.27. The molecule has 0 spiro atoms. The zero-order valence-corrected chi connectivity index (χ0v) is 16.2. The molecule has 1 N–H and O–H groups in total. The second-order valence-electron chi connectivity index (χ2n) is 6.71. The van der Waals surface area contributed by atoms with Gasteiger partial charge in [-0.3, -0.25) is 9.78 Å². The molecule has 3 aromatic heterocycles. The van der Waals surface area contributed by atoms with Crippen LogP contribution in [0.4, 0.5) is 10.1 Å². The fourth-order valence-electron chi connectivity index (χ4n) is 2.95. The van der Waals surface area contributed by atoms with Gasteiger partial charge in [-0.25, -0.2) is 9.07 Å². The largest absolute Gasteiger partial charge is 0.476 e. The molecule has 10 heteroatoms. The highest BCUT2D eigenvalue weighted by Gasteiger charge is 2.40. The summed E-state index contributed by atoms with van der Waals surface area (Å²) in [7, 11) is 1.58. The third-order valence-corrected chi connectivity index (χ3v) is 5.38. The van der Waals surface area contributed by atoms with Crippen molar-refractivity contribution in [2.75, 3.05) is 11.9 Å². The number of anilines is 1. The molecular formula is C18H19FN6O2S. The Balaban J connectivity index is 1.37. The quantitative estimate of drug-likeness (QED) is 0.648. The molecule has 2 atom stereocenters. The lowest BCUT2D eigenvalue weighted by molar-refractivity contribution is 0.278. The Kier molecular flexibility index (Phi) is 5.03. The Bertz CT molecular complexity index is 1040. The number of hydrogen-bond donors (Lipinski definition) is 1. The standard InChI is InChI=1S/C18H19FN6O2S/c1-10-22-23-17(28-10)8-21-15-6-16(24-25(2)18(15)26)27-9-11-5-13(11)14-4-3-12(19)7-20-14/h3-4,6-7,11,13,21H,5,8-9H2,1-2H3. The average Bonchev–Trinajstić information content (AvgIpc) is 3.34. The van der Waals surface area contributed by atoms with Crippen LogP contribution in [0.1, 0.15) is 28.0 Å². The number of halogens is 1. The summed E-state index contributed by atoms with van der Waals surface area (Å²) in [5.41, 5.74) is 1.03. The van der Waals surface area contributed by atoms with E-state index < -0.39 is 0 Å². The third kappa shape index (κ3) is 4.16. The minimum atomic E-state index is -0.338. The molecule has 1 fully saturated rings. The Morgan fingerprint density at radius 3 is 2.96 bits per heavy atom. The molecule has 3 heterocycles. The van der Waals surface area contributed by atoms with Crippen LogP contribution in [-0.2, 0) is 13.6 Å². The maximum absolute atomic E-state index is 13.0. The monoisotopic (exact) mass is 402 g/mol. The van der Waals surface area contributed by atoms with Crippen molar-refractivity contribution in [3.05, 3.63) is 56.3 Å². The van der Waals surface area contributed by atoms with Gasteiger partial charge in [0.25, 0.3) is 5.56 Å². The summed E-state index contributed by atoms with van der Waals surface area (Å²) in [6, 6.07) is 4.73. The van der Waals surface area contributed by atoms with Crippen LogP contribution in [0.2, 0.25) is 0 Å². The van der Waals surface area contributed by atoms with E-state index in [1.807, 2.05) is 6.92 Å². The van der Waals surface area contributed by atoms with Crippen LogP contribution in [0.15, 0.2) is 29.2 Å². The molecule has 28 heavy (non-hydrogen) atoms. The molecule has 2 unspecified atom stereocenters. The fraction of sp³-hybridized carbons (Fsp3) is 0.389. The van der Waals surface area contributed by atoms with Gasteiger partial charge in [-0.15, -0.1) is 15.3 Å². The molecule has 0 saturated heterocycles. The molecule has 1 saturated carbocycles. The van der Waals surface area contributed by atoms with Gasteiger partial charge in [-0.05, 0) is 25.5 Å². The highest BCUT2D eigenvalue weighted by atomic mass is 32.1. The van der Waals surface area contributed by atoms with Crippen molar-refractivity contribution in [3.63, 3.8) is 0 Å². The van der Waals surface area contributed by atoms with Crippen LogP contribution in [0.25, 0.3) is 0 Å². The summed E-state index contributed by atoms with van der Waals surface area (Å²) in [5, 5.41) is 16.9. The van der Waals surface area contributed by atoms with Crippen molar-refractivity contribution in [1.82, 2.24) is 25.0 Å². The van der Waals surface area contributed by atoms with Crippen LogP contribution in [0.3, 0.4) is 0 Å². The normalized spacial score (nSPS) is 18.1. The van der Waals surface area contributed by atoms with Gasteiger partial charge in [0.05, 0.1) is 19.3 Å². The minimum Gasteiger partial charge on any atom is -0.476 e. The number of aryl methyl sites for hydroxylation is 2. The van der Waals surface area contributed by atoms with Gasteiger partial charge in [-0.1, -0.05) is 11.3 Å². The molecule has 1 aliphatic rings. The first-order chi connectivity index (χ1) is 13.5. The van der Waals surface area contributed by atoms with Crippen molar-refractivity contribution < 1.29 is 9.13 Å². The first-order valence-electron chi connectivity index (χ1n) is 8.85. The minimum absolute atomic E-state index is 0.242. The molecule has 0 radical (unpaired) electrons. The molecule has 0 aromatic carbocycles. The lowest BCUT2D eigenvalue weighted by atomic mass is 10.2. The van der Waals surface area contributed by atoms with E-state index in [0.717, 1.165) is 22.1 Å². The number of hydrogen-bond acceptors (Lipinski definition) is 8. The molecular weight excluding hydrogens is 383 g/mol. The van der Waals surface area contributed by atoms with Gasteiger partial charge in [0.15, 0.2) is 0 Å². The van der Waals surface area contributed by atoms with Crippen LogP contribution >= 0.6 is 11.3 Å². The van der Waals surface area contributed by atoms with Gasteiger partial charge < -0.3 is 10.1 Å². The van der Waals surface area contributed by atoms with E-state index in [1.54, 1.807) is 19.2 Å². The molecule has 3 aromatic rings. The average molecular weight is 402 g/mol. The second-order valence-corrected chi connectivity index (χ2v) is 7.97. The van der Waals surface area contributed by atoms with E-state index in [2.05, 4.69) is 25.6 Å². The summed E-state index contributed by atoms with van der Waals surface area (Å²) in [5.74, 6) is 0.607. The molecule has 4 rings (SSSR count). The zero-order chi connectivity index (χ0) is 19.7. The Morgan fingerprint density at radius 2 is 2.25 bits per heavy atom. The lowest BCUT2D eigenvalue weighted by Crippen LogP contribution is -2.24. The summed E-state index contributed by atoms with van der Waals surface area (Å²) < 4.78 is 20.0. The summed E-state index contributed by atoms with van der Waals surface area (Å²) in [6.07, 6.45) is 2.17. The maximum atomic E-state index is 13.0. The van der Waals surface area contributed by atoms with Gasteiger partial charge in [0.1, 0.15) is 21.5 Å². The Morgan fingerprint density at radius 1 is 1.39 bits per heavy atom. The molecule has 146 valence electrons. The maximum Gasteiger partial charge on any atom is 0.290 e. The predicted molar refractivity (Wildman–Crippen MR) is 102 cm³/mol. The highest BCUT2D eigenvalue weighted by molar-refractivity contribution is 7.11. The van der Waals surface area contributed by atoms with Gasteiger partial charge >= 0.3 is 0 Å². The van der Waals surface area contributed by atoms with Crippen molar-refractivity contribution in [3.8, 4) is 5.88 Å². The van der Waals surface area contributed by atoms with E-state index in [4.69, 9.17) is 4.74 Å². The highest BCUT2D eigenvalue weighted by Crippen LogP contribution is 2.46. The number of pyridine rings is 1. The van der Waals surface area contributed by atoms with Crippen molar-refractivity contribution in [1.29, 1.82) is 0 Å². The first-order valence-corrected chi connectivity index (χ1v) is 9.66. The smallest absolute Gasteiger partial charge is 0.290 e. The van der Waals surface area contributed by atoms with Gasteiger partial charge in [0, 0.05) is 30.6 Å². The Labute approximate surface area is 164 Å². The number of nitrogens with one attached hydrogen (secondary N) is 1. The van der Waals surface area contributed by atoms with Crippen LogP contribution < -0.4 is 15.6 Å². The van der Waals surface area contributed by atoms with E-state index in [9.17, 15) is 9.18 Å². The van der Waals surface area contributed by atoms with E-state index in [-0.39, 0.29) is 17.3 Å². The second kappa shape index (κ2) is 7.63.